The monoisotopic (exact) mass is 476 g/mol. The number of hydrogen-bond acceptors (Lipinski definition) is 4. The minimum atomic E-state index is -4.57. The third-order valence-corrected chi connectivity index (χ3v) is 5.13. The number of benzene rings is 2. The Balaban J connectivity index is 1.69. The number of carbonyl (C=O) groups excluding carboxylic acids is 2. The molecule has 10 heteroatoms. The molecule has 2 amide bonds. The van der Waals surface area contributed by atoms with Crippen molar-refractivity contribution in [2.75, 3.05) is 4.90 Å². The number of anilines is 1. The number of carbonyl (C=O) groups is 2. The van der Waals surface area contributed by atoms with Crippen LogP contribution < -0.4 is 10.2 Å². The van der Waals surface area contributed by atoms with E-state index >= 15 is 0 Å². The van der Waals surface area contributed by atoms with Crippen LogP contribution in [0.25, 0.3) is 17.4 Å². The zero-order valence-corrected chi connectivity index (χ0v) is 17.5. The van der Waals surface area contributed by atoms with Crippen molar-refractivity contribution in [2.45, 2.75) is 6.18 Å². The molecular weight excluding hydrogens is 465 g/mol. The lowest BCUT2D eigenvalue weighted by atomic mass is 10.1. The fraction of sp³-hybridized carbons (Fsp3) is 0.0455. The summed E-state index contributed by atoms with van der Waals surface area (Å²) in [6.07, 6.45) is -3.42. The highest BCUT2D eigenvalue weighted by Gasteiger charge is 2.36. The molecule has 1 aromatic heterocycles. The fourth-order valence-corrected chi connectivity index (χ4v) is 3.55. The number of nitrogens with one attached hydrogen (secondary N) is 1. The minimum absolute atomic E-state index is 0.0272. The Morgan fingerprint density at radius 1 is 1.00 bits per heavy atom. The zero-order valence-electron chi connectivity index (χ0n) is 15.9. The van der Waals surface area contributed by atoms with Crippen LogP contribution in [0.1, 0.15) is 11.3 Å². The summed E-state index contributed by atoms with van der Waals surface area (Å²) in [5, 5.41) is 2.75. The summed E-state index contributed by atoms with van der Waals surface area (Å²) in [6, 6.07) is 13.9. The minimum Gasteiger partial charge on any atom is -0.457 e. The van der Waals surface area contributed by atoms with Crippen molar-refractivity contribution >= 4 is 52.5 Å². The molecular formula is C22H12ClF3N2O3S. The maximum Gasteiger partial charge on any atom is 0.417 e. The number of thiocarbonyl (C=S) groups is 1. The van der Waals surface area contributed by atoms with Crippen molar-refractivity contribution in [1.29, 1.82) is 0 Å². The topological polar surface area (TPSA) is 62.6 Å². The number of alkyl halides is 3. The van der Waals surface area contributed by atoms with E-state index in [0.29, 0.717) is 10.7 Å². The van der Waals surface area contributed by atoms with Gasteiger partial charge in [-0.1, -0.05) is 29.8 Å². The lowest BCUT2D eigenvalue weighted by Gasteiger charge is -2.28. The average molecular weight is 477 g/mol. The van der Waals surface area contributed by atoms with Crippen LogP contribution in [0.2, 0.25) is 5.02 Å². The van der Waals surface area contributed by atoms with Crippen LogP contribution in [0.3, 0.4) is 0 Å². The summed E-state index contributed by atoms with van der Waals surface area (Å²) in [4.78, 5) is 26.5. The third kappa shape index (κ3) is 4.17. The van der Waals surface area contributed by atoms with Gasteiger partial charge in [-0.15, -0.1) is 0 Å². The van der Waals surface area contributed by atoms with Crippen molar-refractivity contribution in [3.8, 4) is 11.3 Å². The first kappa shape index (κ1) is 21.8. The first-order valence-corrected chi connectivity index (χ1v) is 9.87. The molecule has 0 aliphatic carbocycles. The second-order valence-corrected chi connectivity index (χ2v) is 7.50. The van der Waals surface area contributed by atoms with E-state index in [9.17, 15) is 22.8 Å². The molecule has 0 saturated carbocycles. The van der Waals surface area contributed by atoms with Gasteiger partial charge in [0.05, 0.1) is 11.3 Å². The van der Waals surface area contributed by atoms with Crippen LogP contribution in [0.5, 0.6) is 0 Å². The highest BCUT2D eigenvalue weighted by Crippen LogP contribution is 2.37. The van der Waals surface area contributed by atoms with E-state index in [1.807, 2.05) is 0 Å². The van der Waals surface area contributed by atoms with E-state index in [1.54, 1.807) is 24.3 Å². The number of nitrogens with zero attached hydrogens (tertiary/aromatic N) is 1. The summed E-state index contributed by atoms with van der Waals surface area (Å²) < 4.78 is 45.4. The molecule has 4 rings (SSSR count). The summed E-state index contributed by atoms with van der Waals surface area (Å²) in [5.74, 6) is -1.49. The second kappa shape index (κ2) is 8.25. The Labute approximate surface area is 190 Å². The van der Waals surface area contributed by atoms with Gasteiger partial charge >= 0.3 is 6.18 Å². The molecule has 0 spiro atoms. The summed E-state index contributed by atoms with van der Waals surface area (Å²) in [6.45, 7) is 0. The van der Waals surface area contributed by atoms with Gasteiger partial charge in [0.1, 0.15) is 17.1 Å². The van der Waals surface area contributed by atoms with Crippen LogP contribution in [0, 0.1) is 0 Å². The van der Waals surface area contributed by atoms with Crippen LogP contribution >= 0.6 is 23.8 Å². The Bertz CT molecular complexity index is 1270. The molecule has 0 atom stereocenters. The van der Waals surface area contributed by atoms with E-state index in [0.717, 1.165) is 17.0 Å². The first-order chi connectivity index (χ1) is 15.1. The van der Waals surface area contributed by atoms with Crippen LogP contribution in [-0.4, -0.2) is 16.9 Å². The van der Waals surface area contributed by atoms with Gasteiger partial charge < -0.3 is 4.42 Å². The lowest BCUT2D eigenvalue weighted by Crippen LogP contribution is -2.54. The normalized spacial score (nSPS) is 15.9. The Morgan fingerprint density at radius 2 is 1.69 bits per heavy atom. The molecule has 0 bridgehead atoms. The molecule has 2 heterocycles. The summed E-state index contributed by atoms with van der Waals surface area (Å²) in [7, 11) is 0. The largest absolute Gasteiger partial charge is 0.457 e. The smallest absolute Gasteiger partial charge is 0.417 e. The highest BCUT2D eigenvalue weighted by atomic mass is 35.5. The SMILES string of the molecule is O=C1NC(=S)N(c2ccc(Cl)cc2)C(=O)/C1=C/c1ccc(-c2ccccc2C(F)(F)F)o1. The average Bonchev–Trinajstić information content (AvgIpc) is 3.20. The molecule has 0 unspecified atom stereocenters. The summed E-state index contributed by atoms with van der Waals surface area (Å²) >= 11 is 11.0. The van der Waals surface area contributed by atoms with Crippen molar-refractivity contribution < 1.29 is 27.2 Å². The Morgan fingerprint density at radius 3 is 2.38 bits per heavy atom. The van der Waals surface area contributed by atoms with Gasteiger partial charge in [0.25, 0.3) is 11.8 Å². The van der Waals surface area contributed by atoms with Crippen molar-refractivity contribution in [3.63, 3.8) is 0 Å². The van der Waals surface area contributed by atoms with Crippen molar-refractivity contribution in [3.05, 3.63) is 82.6 Å². The van der Waals surface area contributed by atoms with Gasteiger partial charge in [-0.25, -0.2) is 0 Å². The van der Waals surface area contributed by atoms with Crippen LogP contribution in [0.4, 0.5) is 18.9 Å². The van der Waals surface area contributed by atoms with Crippen LogP contribution in [-0.2, 0) is 15.8 Å². The van der Waals surface area contributed by atoms with Crippen molar-refractivity contribution in [1.82, 2.24) is 5.32 Å². The Hall–Kier alpha value is -3.43. The van der Waals surface area contributed by atoms with Gasteiger partial charge in [0.15, 0.2) is 5.11 Å². The maximum atomic E-state index is 13.3. The molecule has 1 fully saturated rings. The molecule has 1 aliphatic heterocycles. The number of furan rings is 1. The predicted octanol–water partition coefficient (Wildman–Crippen LogP) is 5.45. The quantitative estimate of drug-likeness (QED) is 0.310. The standard InChI is InChI=1S/C22H12ClF3N2O3S/c23-12-5-7-13(8-6-12)28-20(30)16(19(29)27-21(28)32)11-14-9-10-18(31-14)15-3-1-2-4-17(15)22(24,25)26/h1-11H,(H,27,29,32)/b16-11+. The van der Waals surface area contributed by atoms with E-state index in [4.69, 9.17) is 28.2 Å². The fourth-order valence-electron chi connectivity index (χ4n) is 3.14. The number of halogens is 4. The highest BCUT2D eigenvalue weighted by molar-refractivity contribution is 7.80. The number of hydrogen-bond donors (Lipinski definition) is 1. The zero-order chi connectivity index (χ0) is 23.0. The van der Waals surface area contributed by atoms with E-state index in [1.165, 1.54) is 30.3 Å². The van der Waals surface area contributed by atoms with E-state index < -0.39 is 23.6 Å². The van der Waals surface area contributed by atoms with Crippen molar-refractivity contribution in [2.24, 2.45) is 0 Å². The molecule has 3 aromatic rings. The molecule has 32 heavy (non-hydrogen) atoms. The third-order valence-electron chi connectivity index (χ3n) is 4.60. The Kier molecular flexibility index (Phi) is 5.62. The molecule has 5 nitrogen and oxygen atoms in total. The second-order valence-electron chi connectivity index (χ2n) is 6.68. The molecule has 1 aliphatic rings. The molecule has 0 radical (unpaired) electrons. The van der Waals surface area contributed by atoms with Gasteiger partial charge in [-0.2, -0.15) is 13.2 Å². The van der Waals surface area contributed by atoms with Gasteiger partial charge in [0.2, 0.25) is 0 Å². The summed E-state index contributed by atoms with van der Waals surface area (Å²) in [5.41, 5.74) is -0.930. The van der Waals surface area contributed by atoms with Gasteiger partial charge in [0, 0.05) is 10.6 Å². The van der Waals surface area contributed by atoms with Gasteiger partial charge in [-0.05, 0) is 60.8 Å². The molecule has 1 saturated heterocycles. The lowest BCUT2D eigenvalue weighted by molar-refractivity contribution is -0.137. The van der Waals surface area contributed by atoms with E-state index in [-0.39, 0.29) is 27.8 Å². The first-order valence-electron chi connectivity index (χ1n) is 9.08. The van der Waals surface area contributed by atoms with E-state index in [2.05, 4.69) is 5.32 Å². The maximum absolute atomic E-state index is 13.3. The molecule has 162 valence electrons. The molecule has 1 N–H and O–H groups in total. The van der Waals surface area contributed by atoms with Gasteiger partial charge in [-0.3, -0.25) is 19.8 Å². The number of amides is 2. The van der Waals surface area contributed by atoms with Crippen LogP contribution in [0.15, 0.2) is 70.7 Å². The number of rotatable bonds is 3. The molecule has 2 aromatic carbocycles. The predicted molar refractivity (Wildman–Crippen MR) is 117 cm³/mol.